The number of unbranched alkanes of at least 4 members (excludes halogenated alkanes) is 3. The number of aliphatic hydroxyl groups excluding tert-OH is 1. The monoisotopic (exact) mass is 569 g/mol. The Morgan fingerprint density at radius 3 is 2.36 bits per heavy atom. The van der Waals surface area contributed by atoms with Gasteiger partial charge in [-0.15, -0.1) is 0 Å². The molecule has 3 aliphatic heterocycles. The number of benzene rings is 3. The van der Waals surface area contributed by atoms with Crippen molar-refractivity contribution in [2.24, 2.45) is 11.8 Å². The number of para-hydroxylation sites is 1. The van der Waals surface area contributed by atoms with E-state index in [0.29, 0.717) is 50.0 Å². The number of anilines is 2. The van der Waals surface area contributed by atoms with E-state index < -0.39 is 29.1 Å². The van der Waals surface area contributed by atoms with Crippen molar-refractivity contribution in [1.82, 2.24) is 4.90 Å². The number of fused-ring (bicyclic) bond motifs is 2. The van der Waals surface area contributed by atoms with E-state index in [1.807, 2.05) is 79.7 Å². The highest BCUT2D eigenvalue weighted by Gasteiger charge is 2.78. The Bertz CT molecular complexity index is 1480. The minimum atomic E-state index is -1.07. The lowest BCUT2D eigenvalue weighted by Crippen LogP contribution is -2.53. The van der Waals surface area contributed by atoms with E-state index in [1.54, 1.807) is 4.90 Å². The first kappa shape index (κ1) is 28.4. The van der Waals surface area contributed by atoms with Gasteiger partial charge in [0.15, 0.2) is 0 Å². The first-order valence-electron chi connectivity index (χ1n) is 15.2. The van der Waals surface area contributed by atoms with Gasteiger partial charge in [-0.25, -0.2) is 0 Å². The van der Waals surface area contributed by atoms with Gasteiger partial charge in [-0.3, -0.25) is 14.4 Å². The number of hydrogen-bond acceptors (Lipinski definition) is 5. The van der Waals surface area contributed by atoms with Gasteiger partial charge in [-0.2, -0.15) is 0 Å². The van der Waals surface area contributed by atoms with Crippen molar-refractivity contribution in [1.29, 1.82) is 0 Å². The Morgan fingerprint density at radius 2 is 1.60 bits per heavy atom. The third kappa shape index (κ3) is 4.76. The fourth-order valence-electron chi connectivity index (χ4n) is 7.62. The average molecular weight is 570 g/mol. The smallest absolute Gasteiger partial charge is 0.250 e. The summed E-state index contributed by atoms with van der Waals surface area (Å²) in [5.41, 5.74) is -0.543. The number of amides is 3. The third-order valence-corrected chi connectivity index (χ3v) is 9.58. The normalized spacial score (nSPS) is 27.8. The maximum Gasteiger partial charge on any atom is 0.250 e. The number of nitrogens with zero attached hydrogens (tertiary/aromatic N) is 1. The molecule has 3 N–H and O–H groups in total. The molecule has 3 aromatic carbocycles. The fraction of sp³-hybridized carbons (Fsp3) is 0.441. The van der Waals surface area contributed by atoms with E-state index in [1.165, 1.54) is 0 Å². The van der Waals surface area contributed by atoms with Crippen LogP contribution in [0.3, 0.4) is 0 Å². The number of hydrogen-bond donors (Lipinski definition) is 3. The predicted octanol–water partition coefficient (Wildman–Crippen LogP) is 5.12. The summed E-state index contributed by atoms with van der Waals surface area (Å²) in [4.78, 5) is 44.1. The second-order valence-electron chi connectivity index (χ2n) is 11.9. The van der Waals surface area contributed by atoms with Crippen molar-refractivity contribution in [2.45, 2.75) is 69.1 Å². The molecule has 0 aromatic heterocycles. The first-order chi connectivity index (χ1) is 20.4. The van der Waals surface area contributed by atoms with E-state index in [2.05, 4.69) is 10.6 Å². The molecular weight excluding hydrogens is 530 g/mol. The van der Waals surface area contributed by atoms with Gasteiger partial charge in [0, 0.05) is 24.5 Å². The summed E-state index contributed by atoms with van der Waals surface area (Å²) in [6, 6.07) is 22.2. The van der Waals surface area contributed by atoms with Crippen LogP contribution in [0.2, 0.25) is 0 Å². The van der Waals surface area contributed by atoms with Crippen molar-refractivity contribution in [3.8, 4) is 0 Å². The molecule has 0 aliphatic carbocycles. The lowest BCUT2D eigenvalue weighted by Gasteiger charge is -2.34. The number of ether oxygens (including phenoxy) is 1. The largest absolute Gasteiger partial charge is 0.396 e. The molecule has 5 atom stereocenters. The molecule has 220 valence electrons. The molecule has 3 aromatic rings. The summed E-state index contributed by atoms with van der Waals surface area (Å²) < 4.78 is 6.86. The zero-order valence-electron chi connectivity index (χ0n) is 24.1. The van der Waals surface area contributed by atoms with Gasteiger partial charge in [0.05, 0.1) is 17.4 Å². The van der Waals surface area contributed by atoms with Crippen LogP contribution in [-0.4, -0.2) is 58.1 Å². The molecule has 0 saturated carbocycles. The molecule has 42 heavy (non-hydrogen) atoms. The Balaban J connectivity index is 1.33. The van der Waals surface area contributed by atoms with Crippen LogP contribution >= 0.6 is 0 Å². The third-order valence-electron chi connectivity index (χ3n) is 9.58. The predicted molar refractivity (Wildman–Crippen MR) is 162 cm³/mol. The molecule has 2 bridgehead atoms. The second-order valence-corrected chi connectivity index (χ2v) is 11.9. The first-order valence-corrected chi connectivity index (χ1v) is 15.2. The van der Waals surface area contributed by atoms with E-state index in [9.17, 15) is 19.5 Å². The minimum Gasteiger partial charge on any atom is -0.396 e. The van der Waals surface area contributed by atoms with Crippen LogP contribution in [0.25, 0.3) is 10.8 Å². The number of aliphatic hydroxyl groups is 1. The van der Waals surface area contributed by atoms with Crippen molar-refractivity contribution in [3.63, 3.8) is 0 Å². The summed E-state index contributed by atoms with van der Waals surface area (Å²) in [7, 11) is 0. The zero-order valence-corrected chi connectivity index (χ0v) is 24.1. The molecule has 2 unspecified atom stereocenters. The molecule has 3 fully saturated rings. The number of carbonyl (C=O) groups is 3. The van der Waals surface area contributed by atoms with Crippen LogP contribution < -0.4 is 10.6 Å². The van der Waals surface area contributed by atoms with Crippen LogP contribution in [0.1, 0.15) is 51.9 Å². The second kappa shape index (κ2) is 11.5. The molecule has 0 radical (unpaired) electrons. The summed E-state index contributed by atoms with van der Waals surface area (Å²) in [5, 5.41) is 17.4. The van der Waals surface area contributed by atoms with Gasteiger partial charge >= 0.3 is 0 Å². The zero-order chi connectivity index (χ0) is 29.3. The lowest BCUT2D eigenvalue weighted by molar-refractivity contribution is -0.144. The SMILES string of the molecule is CC[C@]12CCC3(O1)C(C(=O)Nc1ccc4ccccc4c1)N(CCCCCCO)C(=O)[C@@H]3[C@H]2C(=O)Nc1ccccc1. The minimum absolute atomic E-state index is 0.135. The summed E-state index contributed by atoms with van der Waals surface area (Å²) in [6.45, 7) is 2.53. The highest BCUT2D eigenvalue weighted by Crippen LogP contribution is 2.64. The summed E-state index contributed by atoms with van der Waals surface area (Å²) in [5.74, 6) is -2.13. The molecule has 3 heterocycles. The average Bonchev–Trinajstić information content (AvgIpc) is 3.61. The molecular formula is C34H39N3O5. The molecule has 3 aliphatic rings. The maximum atomic E-state index is 14.3. The van der Waals surface area contributed by atoms with Crippen LogP contribution in [0, 0.1) is 11.8 Å². The Labute approximate surface area is 246 Å². The Hall–Kier alpha value is -3.75. The Morgan fingerprint density at radius 1 is 0.881 bits per heavy atom. The van der Waals surface area contributed by atoms with Gasteiger partial charge in [0.25, 0.3) is 0 Å². The molecule has 3 saturated heterocycles. The van der Waals surface area contributed by atoms with Gasteiger partial charge in [0.1, 0.15) is 11.6 Å². The van der Waals surface area contributed by atoms with Crippen LogP contribution in [0.5, 0.6) is 0 Å². The number of carbonyl (C=O) groups excluding carboxylic acids is 3. The van der Waals surface area contributed by atoms with Crippen LogP contribution in [0.15, 0.2) is 72.8 Å². The summed E-state index contributed by atoms with van der Waals surface area (Å²) in [6.07, 6.45) is 4.82. The molecule has 8 heteroatoms. The lowest BCUT2D eigenvalue weighted by atomic mass is 9.65. The quantitative estimate of drug-likeness (QED) is 0.278. The maximum absolute atomic E-state index is 14.3. The number of rotatable bonds is 11. The Kier molecular flexibility index (Phi) is 7.77. The number of nitrogens with one attached hydrogen (secondary N) is 2. The molecule has 3 amide bonds. The van der Waals surface area contributed by atoms with E-state index in [-0.39, 0.29) is 24.3 Å². The molecule has 6 rings (SSSR count). The van der Waals surface area contributed by atoms with Gasteiger partial charge < -0.3 is 25.4 Å². The van der Waals surface area contributed by atoms with Crippen LogP contribution in [0.4, 0.5) is 11.4 Å². The van der Waals surface area contributed by atoms with Crippen molar-refractivity contribution < 1.29 is 24.2 Å². The van der Waals surface area contributed by atoms with Crippen LogP contribution in [-0.2, 0) is 19.1 Å². The molecule has 1 spiro atoms. The van der Waals surface area contributed by atoms with Gasteiger partial charge in [0.2, 0.25) is 17.7 Å². The topological polar surface area (TPSA) is 108 Å². The highest BCUT2D eigenvalue weighted by molar-refractivity contribution is 6.05. The van der Waals surface area contributed by atoms with Gasteiger partial charge in [-0.05, 0) is 67.1 Å². The van der Waals surface area contributed by atoms with Crippen molar-refractivity contribution in [2.75, 3.05) is 23.8 Å². The van der Waals surface area contributed by atoms with Gasteiger partial charge in [-0.1, -0.05) is 68.3 Å². The molecule has 8 nitrogen and oxygen atoms in total. The van der Waals surface area contributed by atoms with E-state index in [4.69, 9.17) is 4.74 Å². The van der Waals surface area contributed by atoms with Crippen molar-refractivity contribution >= 4 is 39.9 Å². The summed E-state index contributed by atoms with van der Waals surface area (Å²) >= 11 is 0. The fourth-order valence-corrected chi connectivity index (χ4v) is 7.62. The van der Waals surface area contributed by atoms with E-state index in [0.717, 1.165) is 23.6 Å². The number of likely N-dealkylation sites (tertiary alicyclic amines) is 1. The highest BCUT2D eigenvalue weighted by atomic mass is 16.5. The standard InChI is InChI=1S/C34H39N3O5/c1-2-33-18-19-34(42-33)28(27(33)30(39)35-25-14-6-5-7-15-25)32(41)37(20-10-3-4-11-21-38)29(34)31(40)36-26-17-16-23-12-8-9-13-24(23)22-26/h5-9,12-17,22,27-29,38H,2-4,10-11,18-21H2,1H3,(H,35,39)(H,36,40)/t27-,28-,29?,33+,34?/m0/s1. The van der Waals surface area contributed by atoms with Crippen molar-refractivity contribution in [3.05, 3.63) is 72.8 Å². The van der Waals surface area contributed by atoms with E-state index >= 15 is 0 Å².